The Balaban J connectivity index is 2.34. The van der Waals surface area contributed by atoms with Crippen LogP contribution in [0.1, 0.15) is 32.7 Å². The maximum Gasteiger partial charge on any atom is 0.244 e. The molecule has 0 radical (unpaired) electrons. The van der Waals surface area contributed by atoms with Gasteiger partial charge in [-0.25, -0.2) is 0 Å². The molecule has 6 heteroatoms. The van der Waals surface area contributed by atoms with Crippen LogP contribution in [0.2, 0.25) is 0 Å². The smallest absolute Gasteiger partial charge is 0.244 e. The van der Waals surface area contributed by atoms with Crippen molar-refractivity contribution >= 4 is 0 Å². The van der Waals surface area contributed by atoms with Crippen LogP contribution >= 0.6 is 0 Å². The lowest BCUT2D eigenvalue weighted by atomic mass is 9.87. The number of nitrogens with two attached hydrogens (primary N) is 1. The van der Waals surface area contributed by atoms with E-state index in [-0.39, 0.29) is 17.2 Å². The number of phenols is 1. The van der Waals surface area contributed by atoms with Gasteiger partial charge in [0, 0.05) is 5.56 Å². The van der Waals surface area contributed by atoms with Gasteiger partial charge in [-0.1, -0.05) is 25.9 Å². The molecule has 3 N–H and O–H groups in total. The fourth-order valence-corrected chi connectivity index (χ4v) is 1.67. The third kappa shape index (κ3) is 2.75. The van der Waals surface area contributed by atoms with E-state index in [1.165, 1.54) is 13.2 Å². The molecule has 0 aliphatic heterocycles. The van der Waals surface area contributed by atoms with Crippen LogP contribution in [0.5, 0.6) is 11.5 Å². The van der Waals surface area contributed by atoms with E-state index in [1.54, 1.807) is 12.1 Å². The van der Waals surface area contributed by atoms with Crippen LogP contribution in [0.25, 0.3) is 11.4 Å². The van der Waals surface area contributed by atoms with Gasteiger partial charge in [0.2, 0.25) is 11.7 Å². The van der Waals surface area contributed by atoms with Crippen LogP contribution in [-0.4, -0.2) is 22.4 Å². The molecule has 108 valence electrons. The lowest BCUT2D eigenvalue weighted by molar-refractivity contribution is 0.253. The Morgan fingerprint density at radius 3 is 2.65 bits per heavy atom. The van der Waals surface area contributed by atoms with E-state index >= 15 is 0 Å². The molecular formula is C14H19N3O3. The van der Waals surface area contributed by atoms with E-state index in [0.717, 1.165) is 0 Å². The van der Waals surface area contributed by atoms with E-state index < -0.39 is 0 Å². The molecule has 0 aliphatic carbocycles. The molecule has 2 rings (SSSR count). The monoisotopic (exact) mass is 277 g/mol. The molecule has 6 nitrogen and oxygen atoms in total. The summed E-state index contributed by atoms with van der Waals surface area (Å²) in [4.78, 5) is 4.31. The number of nitrogens with zero attached hydrogens (tertiary/aromatic N) is 2. The van der Waals surface area contributed by atoms with Gasteiger partial charge in [0.1, 0.15) is 0 Å². The minimum Gasteiger partial charge on any atom is -0.504 e. The largest absolute Gasteiger partial charge is 0.504 e. The average molecular weight is 277 g/mol. The molecule has 0 fully saturated rings. The average Bonchev–Trinajstić information content (AvgIpc) is 2.86. The zero-order valence-corrected chi connectivity index (χ0v) is 12.0. The second kappa shape index (κ2) is 5.13. The zero-order chi connectivity index (χ0) is 14.9. The summed E-state index contributed by atoms with van der Waals surface area (Å²) in [5, 5.41) is 13.5. The first kappa shape index (κ1) is 14.3. The topological polar surface area (TPSA) is 94.4 Å². The first-order chi connectivity index (χ1) is 9.32. The molecule has 1 aromatic heterocycles. The number of ether oxygens (including phenoxy) is 1. The van der Waals surface area contributed by atoms with Gasteiger partial charge in [0.05, 0.1) is 13.2 Å². The minimum atomic E-state index is -0.345. The molecule has 0 spiro atoms. The van der Waals surface area contributed by atoms with Crippen LogP contribution in [0, 0.1) is 5.41 Å². The fourth-order valence-electron chi connectivity index (χ4n) is 1.67. The number of aromatic hydroxyl groups is 1. The van der Waals surface area contributed by atoms with Crippen molar-refractivity contribution in [1.82, 2.24) is 10.1 Å². The van der Waals surface area contributed by atoms with Crippen LogP contribution in [0.3, 0.4) is 0 Å². The van der Waals surface area contributed by atoms with Crippen LogP contribution in [0.15, 0.2) is 22.7 Å². The lowest BCUT2D eigenvalue weighted by Gasteiger charge is -2.23. The first-order valence-corrected chi connectivity index (χ1v) is 6.29. The highest BCUT2D eigenvalue weighted by molar-refractivity contribution is 5.60. The maximum atomic E-state index is 9.57. The fraction of sp³-hybridized carbons (Fsp3) is 0.429. The van der Waals surface area contributed by atoms with Gasteiger partial charge < -0.3 is 20.1 Å². The van der Waals surface area contributed by atoms with E-state index in [0.29, 0.717) is 23.0 Å². The Morgan fingerprint density at radius 1 is 1.35 bits per heavy atom. The van der Waals surface area contributed by atoms with Crippen molar-refractivity contribution in [2.75, 3.05) is 7.11 Å². The molecule has 1 atom stereocenters. The van der Waals surface area contributed by atoms with Crippen molar-refractivity contribution in [2.45, 2.75) is 26.8 Å². The summed E-state index contributed by atoms with van der Waals surface area (Å²) in [6.45, 7) is 6.02. The number of phenolic OH excluding ortho intramolecular Hbond substituents is 1. The summed E-state index contributed by atoms with van der Waals surface area (Å²) in [5.74, 6) is 1.22. The van der Waals surface area contributed by atoms with Gasteiger partial charge in [0.25, 0.3) is 0 Å². The number of aromatic nitrogens is 2. The molecule has 1 heterocycles. The van der Waals surface area contributed by atoms with Gasteiger partial charge in [0.15, 0.2) is 11.5 Å². The van der Waals surface area contributed by atoms with Gasteiger partial charge in [-0.05, 0) is 23.6 Å². The molecule has 0 bridgehead atoms. The van der Waals surface area contributed by atoms with Crippen molar-refractivity contribution in [3.8, 4) is 22.9 Å². The molecule has 0 unspecified atom stereocenters. The number of methoxy groups -OCH3 is 1. The third-order valence-electron chi connectivity index (χ3n) is 3.08. The van der Waals surface area contributed by atoms with E-state index in [2.05, 4.69) is 10.1 Å². The number of benzene rings is 1. The Kier molecular flexibility index (Phi) is 3.67. The summed E-state index contributed by atoms with van der Waals surface area (Å²) in [7, 11) is 1.48. The predicted octanol–water partition coefficient (Wildman–Crippen LogP) is 2.50. The zero-order valence-electron chi connectivity index (χ0n) is 12.0. The van der Waals surface area contributed by atoms with Crippen molar-refractivity contribution in [1.29, 1.82) is 0 Å². The summed E-state index contributed by atoms with van der Waals surface area (Å²) in [6.07, 6.45) is 0. The quantitative estimate of drug-likeness (QED) is 0.895. The number of rotatable bonds is 3. The Labute approximate surface area is 117 Å². The summed E-state index contributed by atoms with van der Waals surface area (Å²) in [5.41, 5.74) is 6.60. The maximum absolute atomic E-state index is 9.57. The van der Waals surface area contributed by atoms with Crippen molar-refractivity contribution in [3.05, 3.63) is 24.1 Å². The van der Waals surface area contributed by atoms with Crippen molar-refractivity contribution in [3.63, 3.8) is 0 Å². The molecule has 0 aliphatic rings. The minimum absolute atomic E-state index is 0.0614. The highest BCUT2D eigenvalue weighted by atomic mass is 16.5. The van der Waals surface area contributed by atoms with E-state index in [4.69, 9.17) is 15.0 Å². The number of hydrogen-bond donors (Lipinski definition) is 2. The standard InChI is InChI=1S/C14H19N3O3/c1-14(2,3)11(15)13-16-12(17-20-13)8-5-6-9(18)10(7-8)19-4/h5-7,11,18H,15H2,1-4H3/t11-/m0/s1. The molecule has 0 saturated carbocycles. The van der Waals surface area contributed by atoms with E-state index in [9.17, 15) is 5.11 Å². The Bertz CT molecular complexity index is 602. The molecule has 0 saturated heterocycles. The Hall–Kier alpha value is -2.08. The number of hydrogen-bond acceptors (Lipinski definition) is 6. The third-order valence-corrected chi connectivity index (χ3v) is 3.08. The lowest BCUT2D eigenvalue weighted by Crippen LogP contribution is -2.26. The molecule has 0 amide bonds. The molecule has 2 aromatic rings. The highest BCUT2D eigenvalue weighted by Gasteiger charge is 2.27. The summed E-state index contributed by atoms with van der Waals surface area (Å²) < 4.78 is 10.3. The van der Waals surface area contributed by atoms with Gasteiger partial charge in [-0.15, -0.1) is 0 Å². The Morgan fingerprint density at radius 2 is 2.05 bits per heavy atom. The molecule has 1 aromatic carbocycles. The van der Waals surface area contributed by atoms with E-state index in [1.807, 2.05) is 20.8 Å². The van der Waals surface area contributed by atoms with Crippen LogP contribution in [-0.2, 0) is 0 Å². The van der Waals surface area contributed by atoms with Crippen molar-refractivity contribution in [2.24, 2.45) is 11.1 Å². The normalized spacial score (nSPS) is 13.2. The highest BCUT2D eigenvalue weighted by Crippen LogP contribution is 2.33. The SMILES string of the molecule is COc1cc(-c2noc([C@H](N)C(C)(C)C)n2)ccc1O. The van der Waals surface area contributed by atoms with Crippen LogP contribution in [0.4, 0.5) is 0 Å². The predicted molar refractivity (Wildman–Crippen MR) is 74.3 cm³/mol. The summed E-state index contributed by atoms with van der Waals surface area (Å²) >= 11 is 0. The second-order valence-corrected chi connectivity index (χ2v) is 5.69. The van der Waals surface area contributed by atoms with Gasteiger partial charge >= 0.3 is 0 Å². The molecule has 20 heavy (non-hydrogen) atoms. The summed E-state index contributed by atoms with van der Waals surface area (Å²) in [6, 6.07) is 4.51. The first-order valence-electron chi connectivity index (χ1n) is 6.29. The van der Waals surface area contributed by atoms with Crippen molar-refractivity contribution < 1.29 is 14.4 Å². The second-order valence-electron chi connectivity index (χ2n) is 5.69. The van der Waals surface area contributed by atoms with Crippen LogP contribution < -0.4 is 10.5 Å². The van der Waals surface area contributed by atoms with Gasteiger partial charge in [-0.3, -0.25) is 0 Å². The molecular weight excluding hydrogens is 258 g/mol. The van der Waals surface area contributed by atoms with Gasteiger partial charge in [-0.2, -0.15) is 4.98 Å².